The number of hydrogen-bond donors (Lipinski definition) is 1. The summed E-state index contributed by atoms with van der Waals surface area (Å²) in [4.78, 5) is 0. The zero-order chi connectivity index (χ0) is 10.7. The van der Waals surface area contributed by atoms with Gasteiger partial charge in [-0.05, 0) is 24.1 Å². The fourth-order valence-electron chi connectivity index (χ4n) is 1.02. The Morgan fingerprint density at radius 3 is 2.14 bits per heavy atom. The Balaban J connectivity index is 3.00. The predicted molar refractivity (Wildman–Crippen MR) is 52.1 cm³/mol. The molecule has 1 N–H and O–H groups in total. The Labute approximate surface area is 85.6 Å². The molecule has 1 aromatic rings. The minimum absolute atomic E-state index is 0.0573. The monoisotopic (exact) mass is 218 g/mol. The van der Waals surface area contributed by atoms with Crippen molar-refractivity contribution in [3.8, 4) is 0 Å². The van der Waals surface area contributed by atoms with E-state index in [9.17, 15) is 8.78 Å². The van der Waals surface area contributed by atoms with Crippen molar-refractivity contribution in [2.24, 2.45) is 0 Å². The maximum Gasteiger partial charge on any atom is 0.225 e. The fourth-order valence-corrected chi connectivity index (χ4v) is 1.13. The van der Waals surface area contributed by atoms with Crippen LogP contribution in [0.4, 0.5) is 8.78 Å². The standard InChI is InChI=1S/C10H9ClF2O/c1-6(14)7-2-4-8(5-3-7)9(12)10(11)13/h2-6,14H,1H3/b10-9-. The first-order valence-electron chi connectivity index (χ1n) is 4.01. The van der Waals surface area contributed by atoms with Crippen molar-refractivity contribution in [3.05, 3.63) is 40.7 Å². The molecule has 0 heterocycles. The lowest BCUT2D eigenvalue weighted by Crippen LogP contribution is -1.90. The molecule has 76 valence electrons. The van der Waals surface area contributed by atoms with Gasteiger partial charge in [-0.15, -0.1) is 0 Å². The summed E-state index contributed by atoms with van der Waals surface area (Å²) in [6.45, 7) is 1.59. The van der Waals surface area contributed by atoms with Gasteiger partial charge >= 0.3 is 0 Å². The van der Waals surface area contributed by atoms with Crippen LogP contribution < -0.4 is 0 Å². The third-order valence-electron chi connectivity index (χ3n) is 1.81. The number of benzene rings is 1. The highest BCUT2D eigenvalue weighted by molar-refractivity contribution is 6.30. The zero-order valence-corrected chi connectivity index (χ0v) is 8.22. The van der Waals surface area contributed by atoms with Crippen LogP contribution in [0.25, 0.3) is 5.83 Å². The van der Waals surface area contributed by atoms with Gasteiger partial charge in [-0.2, -0.15) is 4.39 Å². The summed E-state index contributed by atoms with van der Waals surface area (Å²) in [5.41, 5.74) is 0.693. The van der Waals surface area contributed by atoms with Crippen molar-refractivity contribution in [1.82, 2.24) is 0 Å². The van der Waals surface area contributed by atoms with E-state index in [4.69, 9.17) is 16.7 Å². The van der Waals surface area contributed by atoms with Crippen molar-refractivity contribution in [3.63, 3.8) is 0 Å². The van der Waals surface area contributed by atoms with Crippen LogP contribution in [0, 0.1) is 0 Å². The summed E-state index contributed by atoms with van der Waals surface area (Å²) in [6.07, 6.45) is -0.628. The molecule has 0 bridgehead atoms. The maximum atomic E-state index is 12.9. The fraction of sp³-hybridized carbons (Fsp3) is 0.200. The minimum Gasteiger partial charge on any atom is -0.389 e. The molecule has 0 radical (unpaired) electrons. The molecule has 1 atom stereocenters. The molecule has 1 aromatic carbocycles. The van der Waals surface area contributed by atoms with Gasteiger partial charge in [0, 0.05) is 5.56 Å². The Hall–Kier alpha value is -0.930. The highest BCUT2D eigenvalue weighted by atomic mass is 35.5. The van der Waals surface area contributed by atoms with Gasteiger partial charge in [0.15, 0.2) is 5.83 Å². The second kappa shape index (κ2) is 4.53. The first-order valence-corrected chi connectivity index (χ1v) is 4.39. The third-order valence-corrected chi connectivity index (χ3v) is 1.98. The van der Waals surface area contributed by atoms with E-state index < -0.39 is 17.2 Å². The molecule has 0 saturated heterocycles. The van der Waals surface area contributed by atoms with Crippen LogP contribution in [0.3, 0.4) is 0 Å². The second-order valence-corrected chi connectivity index (χ2v) is 3.20. The third kappa shape index (κ3) is 2.53. The van der Waals surface area contributed by atoms with Gasteiger partial charge in [0.2, 0.25) is 5.29 Å². The Morgan fingerprint density at radius 2 is 1.79 bits per heavy atom. The van der Waals surface area contributed by atoms with Crippen molar-refractivity contribution >= 4 is 17.4 Å². The normalized spacial score (nSPS) is 14.9. The summed E-state index contributed by atoms with van der Waals surface area (Å²) < 4.78 is 25.2. The molecule has 1 rings (SSSR count). The van der Waals surface area contributed by atoms with Gasteiger partial charge in [0.1, 0.15) is 0 Å². The molecule has 0 fully saturated rings. The number of aliphatic hydroxyl groups is 1. The molecule has 0 aliphatic heterocycles. The van der Waals surface area contributed by atoms with Crippen LogP contribution in [-0.4, -0.2) is 5.11 Å². The lowest BCUT2D eigenvalue weighted by molar-refractivity contribution is 0.199. The van der Waals surface area contributed by atoms with Crippen molar-refractivity contribution in [1.29, 1.82) is 0 Å². The van der Waals surface area contributed by atoms with Gasteiger partial charge < -0.3 is 5.11 Å². The molecule has 1 unspecified atom stereocenters. The molecular formula is C10H9ClF2O. The average molecular weight is 219 g/mol. The van der Waals surface area contributed by atoms with Crippen molar-refractivity contribution in [2.45, 2.75) is 13.0 Å². The number of aliphatic hydroxyl groups excluding tert-OH is 1. The summed E-state index contributed by atoms with van der Waals surface area (Å²) in [7, 11) is 0. The molecule has 4 heteroatoms. The van der Waals surface area contributed by atoms with Gasteiger partial charge in [-0.1, -0.05) is 24.3 Å². The van der Waals surface area contributed by atoms with E-state index in [1.54, 1.807) is 6.92 Å². The maximum absolute atomic E-state index is 12.9. The molecule has 0 aliphatic rings. The summed E-state index contributed by atoms with van der Waals surface area (Å²) in [6, 6.07) is 5.75. The topological polar surface area (TPSA) is 20.2 Å². The zero-order valence-electron chi connectivity index (χ0n) is 7.47. The average Bonchev–Trinajstić information content (AvgIpc) is 2.16. The SMILES string of the molecule is CC(O)c1ccc(/C(F)=C(/F)Cl)cc1. The summed E-state index contributed by atoms with van der Waals surface area (Å²) >= 11 is 4.85. The molecular weight excluding hydrogens is 210 g/mol. The molecule has 1 nitrogen and oxygen atoms in total. The van der Waals surface area contributed by atoms with Crippen molar-refractivity contribution in [2.75, 3.05) is 0 Å². The quantitative estimate of drug-likeness (QED) is 0.805. The molecule has 0 saturated carbocycles. The van der Waals surface area contributed by atoms with E-state index in [0.29, 0.717) is 5.56 Å². The van der Waals surface area contributed by atoms with E-state index in [2.05, 4.69) is 0 Å². The highest BCUT2D eigenvalue weighted by Gasteiger charge is 2.07. The largest absolute Gasteiger partial charge is 0.389 e. The van der Waals surface area contributed by atoms with E-state index in [0.717, 1.165) is 0 Å². The van der Waals surface area contributed by atoms with Crippen LogP contribution >= 0.6 is 11.6 Å². The Kier molecular flexibility index (Phi) is 3.61. The summed E-state index contributed by atoms with van der Waals surface area (Å²) in [5.74, 6) is -1.09. The van der Waals surface area contributed by atoms with Gasteiger partial charge in [-0.25, -0.2) is 4.39 Å². The smallest absolute Gasteiger partial charge is 0.225 e. The van der Waals surface area contributed by atoms with E-state index >= 15 is 0 Å². The van der Waals surface area contributed by atoms with E-state index in [1.165, 1.54) is 24.3 Å². The second-order valence-electron chi connectivity index (χ2n) is 2.87. The lowest BCUT2D eigenvalue weighted by atomic mass is 10.1. The number of hydrogen-bond acceptors (Lipinski definition) is 1. The van der Waals surface area contributed by atoms with Crippen LogP contribution in [0.5, 0.6) is 0 Å². The molecule has 0 amide bonds. The Bertz CT molecular complexity index is 340. The predicted octanol–water partition coefficient (Wildman–Crippen LogP) is 3.54. The lowest BCUT2D eigenvalue weighted by Gasteiger charge is -2.04. The van der Waals surface area contributed by atoms with Gasteiger partial charge in [0.05, 0.1) is 6.10 Å². The first-order chi connectivity index (χ1) is 6.52. The van der Waals surface area contributed by atoms with Crippen molar-refractivity contribution < 1.29 is 13.9 Å². The number of rotatable bonds is 2. The first kappa shape index (κ1) is 11.1. The van der Waals surface area contributed by atoms with Crippen LogP contribution in [0.2, 0.25) is 0 Å². The van der Waals surface area contributed by atoms with E-state index in [1.807, 2.05) is 0 Å². The van der Waals surface area contributed by atoms with Crippen LogP contribution in [-0.2, 0) is 0 Å². The minimum atomic E-state index is -1.37. The van der Waals surface area contributed by atoms with Gasteiger partial charge in [-0.3, -0.25) is 0 Å². The summed E-state index contributed by atoms with van der Waals surface area (Å²) in [5, 5.41) is 7.79. The molecule has 0 aliphatic carbocycles. The van der Waals surface area contributed by atoms with E-state index in [-0.39, 0.29) is 5.56 Å². The molecule has 0 spiro atoms. The van der Waals surface area contributed by atoms with Crippen LogP contribution in [0.1, 0.15) is 24.2 Å². The molecule has 0 aromatic heterocycles. The van der Waals surface area contributed by atoms with Crippen LogP contribution in [0.15, 0.2) is 29.6 Å². The number of halogens is 3. The molecule has 14 heavy (non-hydrogen) atoms. The van der Waals surface area contributed by atoms with Gasteiger partial charge in [0.25, 0.3) is 0 Å². The Morgan fingerprint density at radius 1 is 1.29 bits per heavy atom. The highest BCUT2D eigenvalue weighted by Crippen LogP contribution is 2.24.